The Balaban J connectivity index is 1.35. The van der Waals surface area contributed by atoms with Crippen molar-refractivity contribution in [3.05, 3.63) is 120 Å². The highest BCUT2D eigenvalue weighted by atomic mass is 16.5. The molecule has 0 aliphatic heterocycles. The van der Waals surface area contributed by atoms with Gasteiger partial charge in [-0.1, -0.05) is 74.5 Å². The Bertz CT molecular complexity index is 1620. The zero-order valence-corrected chi connectivity index (χ0v) is 28.2. The number of carbonyl (C=O) groups is 4. The lowest BCUT2D eigenvalue weighted by Crippen LogP contribution is -2.64. The first kappa shape index (κ1) is 35.7. The second-order valence-electron chi connectivity index (χ2n) is 12.4. The van der Waals surface area contributed by atoms with Gasteiger partial charge in [-0.15, -0.1) is 0 Å². The van der Waals surface area contributed by atoms with Crippen molar-refractivity contribution in [1.82, 2.24) is 9.80 Å². The monoisotopic (exact) mass is 678 g/mol. The van der Waals surface area contributed by atoms with Crippen LogP contribution in [0.3, 0.4) is 0 Å². The predicted octanol–water partition coefficient (Wildman–Crippen LogP) is 7.10. The van der Waals surface area contributed by atoms with Gasteiger partial charge in [0.25, 0.3) is 0 Å². The van der Waals surface area contributed by atoms with E-state index in [1.807, 2.05) is 98.8 Å². The van der Waals surface area contributed by atoms with Gasteiger partial charge < -0.3 is 29.5 Å². The molecule has 4 atom stereocenters. The smallest absolute Gasteiger partial charge is 0.308 e. The number of benzene rings is 4. The molecule has 10 nitrogen and oxygen atoms in total. The van der Waals surface area contributed by atoms with Crippen LogP contribution in [0.2, 0.25) is 0 Å². The molecule has 1 aliphatic rings. The summed E-state index contributed by atoms with van der Waals surface area (Å²) in [6.45, 7) is 4.73. The van der Waals surface area contributed by atoms with Crippen molar-refractivity contribution >= 4 is 23.8 Å². The molecule has 0 heterocycles. The van der Waals surface area contributed by atoms with Gasteiger partial charge in [-0.2, -0.15) is 0 Å². The van der Waals surface area contributed by atoms with Crippen LogP contribution in [0.5, 0.6) is 23.0 Å². The number of para-hydroxylation sites is 2. The number of carboxylic acids is 2. The summed E-state index contributed by atoms with van der Waals surface area (Å²) in [7, 11) is 0. The van der Waals surface area contributed by atoms with Crippen molar-refractivity contribution in [1.29, 1.82) is 0 Å². The lowest BCUT2D eigenvalue weighted by Gasteiger charge is -2.48. The van der Waals surface area contributed by atoms with Gasteiger partial charge in [0.15, 0.2) is 0 Å². The van der Waals surface area contributed by atoms with E-state index in [1.165, 1.54) is 9.80 Å². The van der Waals surface area contributed by atoms with E-state index < -0.39 is 47.4 Å². The number of aliphatic carboxylic acids is 2. The maximum atomic E-state index is 14.2. The van der Waals surface area contributed by atoms with E-state index in [2.05, 4.69) is 0 Å². The van der Waals surface area contributed by atoms with E-state index in [4.69, 9.17) is 9.47 Å². The van der Waals surface area contributed by atoms with Gasteiger partial charge >= 0.3 is 11.9 Å². The fraction of sp³-hybridized carbons (Fsp3) is 0.300. The number of amides is 2. The van der Waals surface area contributed by atoms with E-state index in [9.17, 15) is 29.4 Å². The molecule has 50 heavy (non-hydrogen) atoms. The van der Waals surface area contributed by atoms with Gasteiger partial charge in [-0.05, 0) is 72.5 Å². The van der Waals surface area contributed by atoms with Crippen molar-refractivity contribution in [2.24, 2.45) is 23.7 Å². The normalized spacial score (nSPS) is 18.0. The average molecular weight is 679 g/mol. The summed E-state index contributed by atoms with van der Waals surface area (Å²) in [5.41, 5.74) is 1.56. The molecule has 0 spiro atoms. The number of ether oxygens (including phenoxy) is 2. The summed E-state index contributed by atoms with van der Waals surface area (Å²) in [6, 6.07) is 33.1. The Morgan fingerprint density at radius 1 is 0.500 bits per heavy atom. The number of carboxylic acid groups (broad SMARTS) is 2. The fourth-order valence-corrected chi connectivity index (χ4v) is 6.49. The number of hydrogen-bond donors (Lipinski definition) is 2. The van der Waals surface area contributed by atoms with Crippen LogP contribution in [-0.2, 0) is 32.3 Å². The minimum absolute atomic E-state index is 0.163. The molecule has 0 unspecified atom stereocenters. The summed E-state index contributed by atoms with van der Waals surface area (Å²) in [4.78, 5) is 56.4. The van der Waals surface area contributed by atoms with Crippen molar-refractivity contribution in [3.8, 4) is 23.0 Å². The predicted molar refractivity (Wildman–Crippen MR) is 187 cm³/mol. The lowest BCUT2D eigenvalue weighted by atomic mass is 9.55. The summed E-state index contributed by atoms with van der Waals surface area (Å²) in [5, 5.41) is 20.3. The first-order chi connectivity index (χ1) is 24.2. The quantitative estimate of drug-likeness (QED) is 0.128. The molecule has 2 N–H and O–H groups in total. The van der Waals surface area contributed by atoms with Gasteiger partial charge in [-0.25, -0.2) is 0 Å². The summed E-state index contributed by atoms with van der Waals surface area (Å²) in [5.74, 6) is -7.03. The van der Waals surface area contributed by atoms with Gasteiger partial charge in [0.1, 0.15) is 23.0 Å². The third-order valence-corrected chi connectivity index (χ3v) is 8.85. The second-order valence-corrected chi connectivity index (χ2v) is 12.4. The molecule has 10 heteroatoms. The molecule has 4 aromatic rings. The average Bonchev–Trinajstić information content (AvgIpc) is 3.09. The van der Waals surface area contributed by atoms with Crippen LogP contribution < -0.4 is 9.47 Å². The van der Waals surface area contributed by atoms with Crippen LogP contribution in [0.15, 0.2) is 109 Å². The maximum Gasteiger partial charge on any atom is 0.308 e. The van der Waals surface area contributed by atoms with E-state index in [-0.39, 0.29) is 13.1 Å². The fourth-order valence-electron chi connectivity index (χ4n) is 6.49. The molecule has 1 saturated carbocycles. The Morgan fingerprint density at radius 3 is 1.12 bits per heavy atom. The molecule has 4 aromatic carbocycles. The molecule has 0 aromatic heterocycles. The zero-order chi connectivity index (χ0) is 35.6. The van der Waals surface area contributed by atoms with Gasteiger partial charge in [0.05, 0.1) is 23.7 Å². The van der Waals surface area contributed by atoms with Crippen molar-refractivity contribution in [2.75, 3.05) is 13.1 Å². The van der Waals surface area contributed by atoms with Gasteiger partial charge in [0.2, 0.25) is 11.8 Å². The highest BCUT2D eigenvalue weighted by Crippen LogP contribution is 2.49. The topological polar surface area (TPSA) is 134 Å². The van der Waals surface area contributed by atoms with E-state index >= 15 is 0 Å². The highest BCUT2D eigenvalue weighted by Gasteiger charge is 2.64. The molecule has 0 radical (unpaired) electrons. The molecule has 2 amide bonds. The van der Waals surface area contributed by atoms with Gasteiger partial charge in [-0.3, -0.25) is 19.2 Å². The molecule has 5 rings (SSSR count). The van der Waals surface area contributed by atoms with Crippen molar-refractivity contribution < 1.29 is 38.9 Å². The van der Waals surface area contributed by atoms with Crippen LogP contribution in [0.4, 0.5) is 0 Å². The molecule has 1 fully saturated rings. The van der Waals surface area contributed by atoms with Crippen molar-refractivity contribution in [2.45, 2.75) is 39.8 Å². The Kier molecular flexibility index (Phi) is 11.9. The molecular weight excluding hydrogens is 636 g/mol. The Morgan fingerprint density at radius 2 is 0.820 bits per heavy atom. The molecule has 260 valence electrons. The summed E-state index contributed by atoms with van der Waals surface area (Å²) in [6.07, 6.45) is 1.16. The molecule has 1 aliphatic carbocycles. The number of nitrogens with zero attached hydrogens (tertiary/aromatic N) is 2. The van der Waals surface area contributed by atoms with Crippen LogP contribution in [0.1, 0.15) is 37.8 Å². The number of carbonyl (C=O) groups excluding carboxylic acids is 2. The lowest BCUT2D eigenvalue weighted by molar-refractivity contribution is -0.187. The third kappa shape index (κ3) is 8.49. The van der Waals surface area contributed by atoms with Crippen molar-refractivity contribution in [3.63, 3.8) is 0 Å². The third-order valence-electron chi connectivity index (χ3n) is 8.85. The number of hydrogen-bond acceptors (Lipinski definition) is 6. The maximum absolute atomic E-state index is 14.2. The highest BCUT2D eigenvalue weighted by molar-refractivity contribution is 5.99. The minimum atomic E-state index is -1.53. The first-order valence-electron chi connectivity index (χ1n) is 16.9. The van der Waals surface area contributed by atoms with Gasteiger partial charge in [0, 0.05) is 26.2 Å². The Labute approximate surface area is 291 Å². The van der Waals surface area contributed by atoms with E-state index in [0.29, 0.717) is 48.9 Å². The van der Waals surface area contributed by atoms with E-state index in [1.54, 1.807) is 24.3 Å². The number of rotatable bonds is 16. The molecule has 0 saturated heterocycles. The van der Waals surface area contributed by atoms with Crippen LogP contribution >= 0.6 is 0 Å². The Hall–Kier alpha value is -5.64. The van der Waals surface area contributed by atoms with Crippen LogP contribution in [-0.4, -0.2) is 56.9 Å². The minimum Gasteiger partial charge on any atom is -0.481 e. The SMILES string of the molecule is CCCN(Cc1ccc(Oc2ccccc2)cc1)C(=O)[C@H]1[C@H](C(=O)O)[C@@H](C(=O)O)[C@@H]1C(=O)N(CCC)Cc1ccc(Oc2ccccc2)cc1. The van der Waals surface area contributed by atoms with Crippen LogP contribution in [0, 0.1) is 23.7 Å². The zero-order valence-electron chi connectivity index (χ0n) is 28.2. The largest absolute Gasteiger partial charge is 0.481 e. The first-order valence-corrected chi connectivity index (χ1v) is 16.9. The van der Waals surface area contributed by atoms with Crippen LogP contribution in [0.25, 0.3) is 0 Å². The molecular formula is C40H42N2O8. The summed E-state index contributed by atoms with van der Waals surface area (Å²) < 4.78 is 11.8. The molecule has 0 bridgehead atoms. The standard InChI is InChI=1S/C40H42N2O8/c1-3-23-41(25-27-15-19-31(20-16-27)49-29-11-7-5-8-12-29)37(43)33-34(36(40(47)48)35(33)39(45)46)38(44)42(24-4-2)26-28-17-21-32(22-18-28)50-30-13-9-6-10-14-30/h5-22,33-36H,3-4,23-26H2,1-2H3,(H,45,46)(H,47,48)/t33-,34-,35+,36+/m1/s1. The van der Waals surface area contributed by atoms with E-state index in [0.717, 1.165) is 11.1 Å². The second kappa shape index (κ2) is 16.6. The summed E-state index contributed by atoms with van der Waals surface area (Å²) >= 11 is 0.